The lowest BCUT2D eigenvalue weighted by atomic mass is 9.63. The Morgan fingerprint density at radius 1 is 1.28 bits per heavy atom. The highest BCUT2D eigenvalue weighted by Gasteiger charge is 2.43. The molecule has 2 heterocycles. The minimum atomic E-state index is -1.05. The van der Waals surface area contributed by atoms with E-state index in [4.69, 9.17) is 29.0 Å². The predicted molar refractivity (Wildman–Crippen MR) is 147 cm³/mol. The smallest absolute Gasteiger partial charge is 0.306 e. The van der Waals surface area contributed by atoms with E-state index in [1.54, 1.807) is 11.3 Å². The Bertz CT molecular complexity index is 938. The highest BCUT2D eigenvalue weighted by atomic mass is 35.5. The molecule has 3 aliphatic rings. The van der Waals surface area contributed by atoms with Gasteiger partial charge in [0.05, 0.1) is 22.5 Å². The Morgan fingerprint density at radius 3 is 2.69 bits per heavy atom. The largest absolute Gasteiger partial charge is 0.481 e. The monoisotopic (exact) mass is 556 g/mol. The normalized spacial score (nSPS) is 32.9. The minimum Gasteiger partial charge on any atom is -0.481 e. The average Bonchev–Trinajstić information content (AvgIpc) is 3.48. The lowest BCUT2D eigenvalue weighted by Crippen LogP contribution is -2.40. The van der Waals surface area contributed by atoms with Crippen molar-refractivity contribution in [3.8, 4) is 0 Å². The second-order valence-electron chi connectivity index (χ2n) is 11.0. The molecule has 0 radical (unpaired) electrons. The van der Waals surface area contributed by atoms with Crippen LogP contribution in [0.3, 0.4) is 0 Å². The van der Waals surface area contributed by atoms with Gasteiger partial charge in [0, 0.05) is 35.0 Å². The molecule has 0 aromatic carbocycles. The maximum atomic E-state index is 14.8. The van der Waals surface area contributed by atoms with Gasteiger partial charge in [-0.25, -0.2) is 4.39 Å². The standard InChI is InChI=1S/C28H38ClFO4S2/c29-25-10-9-19(36-25)17-27(11-4-12-27)24(35)8-3-7-21-20(22(30)16-23(21)31)6-1-2-13-28(18-26(32)33)14-5-15-34-28/h1-3,7,9-10,20-24,31,35H,4-6,8,11-18H2,(H,32,33)/b2-1-,7-3+/t20-,21-,22?,23-,24?,28?/m1/s1. The van der Waals surface area contributed by atoms with Gasteiger partial charge in [0.15, 0.2) is 0 Å². The van der Waals surface area contributed by atoms with Crippen LogP contribution in [0, 0.1) is 17.3 Å². The summed E-state index contributed by atoms with van der Waals surface area (Å²) in [5, 5.41) is 20.0. The molecule has 1 aromatic heterocycles. The first-order chi connectivity index (χ1) is 17.2. The third kappa shape index (κ3) is 6.76. The van der Waals surface area contributed by atoms with Gasteiger partial charge >= 0.3 is 5.97 Å². The van der Waals surface area contributed by atoms with Crippen LogP contribution in [0.4, 0.5) is 4.39 Å². The van der Waals surface area contributed by atoms with Crippen LogP contribution in [0.5, 0.6) is 0 Å². The number of halogens is 2. The van der Waals surface area contributed by atoms with E-state index >= 15 is 0 Å². The van der Waals surface area contributed by atoms with E-state index in [1.165, 1.54) is 11.3 Å². The van der Waals surface area contributed by atoms with Crippen LogP contribution < -0.4 is 0 Å². The number of thiol groups is 1. The van der Waals surface area contributed by atoms with E-state index in [1.807, 2.05) is 24.3 Å². The third-order valence-corrected chi connectivity index (χ3v) is 10.5. The molecule has 2 aliphatic carbocycles. The fourth-order valence-corrected chi connectivity index (χ4v) is 8.00. The van der Waals surface area contributed by atoms with Crippen LogP contribution in [-0.2, 0) is 16.0 Å². The number of ether oxygens (including phenoxy) is 1. The summed E-state index contributed by atoms with van der Waals surface area (Å²) in [7, 11) is 0. The predicted octanol–water partition coefficient (Wildman–Crippen LogP) is 7.05. The van der Waals surface area contributed by atoms with Crippen LogP contribution in [-0.4, -0.2) is 45.9 Å². The SMILES string of the molecule is O=C(O)CC1(C/C=C\C[C@H]2C(F)C[C@@H](O)[C@@H]2/C=C/CC(S)C2(Cc3ccc(Cl)s3)CCC2)CCCO1. The van der Waals surface area contributed by atoms with Gasteiger partial charge in [0.25, 0.3) is 0 Å². The summed E-state index contributed by atoms with van der Waals surface area (Å²) in [6, 6.07) is 4.07. The zero-order valence-electron chi connectivity index (χ0n) is 20.7. The fraction of sp³-hybridized carbons (Fsp3) is 0.679. The molecule has 200 valence electrons. The molecule has 8 heteroatoms. The van der Waals surface area contributed by atoms with Crippen molar-refractivity contribution in [1.29, 1.82) is 0 Å². The Hall–Kier alpha value is -0.860. The number of aliphatic hydroxyl groups is 1. The van der Waals surface area contributed by atoms with Crippen molar-refractivity contribution >= 4 is 41.5 Å². The number of thiophene rings is 1. The van der Waals surface area contributed by atoms with E-state index in [0.29, 0.717) is 19.4 Å². The molecular weight excluding hydrogens is 519 g/mol. The molecule has 36 heavy (non-hydrogen) atoms. The van der Waals surface area contributed by atoms with Gasteiger partial charge in [-0.05, 0) is 68.9 Å². The third-order valence-electron chi connectivity index (χ3n) is 8.52. The van der Waals surface area contributed by atoms with Crippen LogP contribution in [0.2, 0.25) is 4.34 Å². The minimum absolute atomic E-state index is 0.0114. The number of aliphatic hydroxyl groups excluding tert-OH is 1. The maximum Gasteiger partial charge on any atom is 0.306 e. The number of hydrogen-bond donors (Lipinski definition) is 3. The second-order valence-corrected chi connectivity index (χ2v) is 13.4. The number of alkyl halides is 1. The van der Waals surface area contributed by atoms with E-state index in [9.17, 15) is 19.4 Å². The second kappa shape index (κ2) is 12.3. The Labute approximate surface area is 228 Å². The highest BCUT2D eigenvalue weighted by molar-refractivity contribution is 7.81. The van der Waals surface area contributed by atoms with Crippen molar-refractivity contribution in [2.45, 2.75) is 93.8 Å². The van der Waals surface area contributed by atoms with Gasteiger partial charge < -0.3 is 14.9 Å². The first-order valence-corrected chi connectivity index (χ1v) is 14.8. The highest BCUT2D eigenvalue weighted by Crippen LogP contribution is 2.50. The summed E-state index contributed by atoms with van der Waals surface area (Å²) in [5.41, 5.74) is -0.464. The molecule has 6 atom stereocenters. The van der Waals surface area contributed by atoms with Crippen molar-refractivity contribution in [2.24, 2.45) is 17.3 Å². The molecule has 1 saturated heterocycles. The van der Waals surface area contributed by atoms with Crippen LogP contribution >= 0.6 is 35.6 Å². The fourth-order valence-electron chi connectivity index (χ4n) is 6.29. The summed E-state index contributed by atoms with van der Waals surface area (Å²) in [6.07, 6.45) is 14.3. The first-order valence-electron chi connectivity index (χ1n) is 13.1. The van der Waals surface area contributed by atoms with Gasteiger partial charge in [-0.1, -0.05) is 42.3 Å². The van der Waals surface area contributed by atoms with Gasteiger partial charge in [0.1, 0.15) is 6.17 Å². The van der Waals surface area contributed by atoms with Gasteiger partial charge in [-0.2, -0.15) is 12.6 Å². The van der Waals surface area contributed by atoms with Crippen molar-refractivity contribution in [2.75, 3.05) is 6.61 Å². The molecule has 1 aromatic rings. The molecule has 1 aliphatic heterocycles. The van der Waals surface area contributed by atoms with Crippen molar-refractivity contribution in [3.05, 3.63) is 45.7 Å². The molecule has 3 unspecified atom stereocenters. The average molecular weight is 557 g/mol. The quantitative estimate of drug-likeness (QED) is 0.190. The number of carboxylic acids is 1. The van der Waals surface area contributed by atoms with Crippen molar-refractivity contribution < 1.29 is 24.1 Å². The zero-order valence-corrected chi connectivity index (χ0v) is 23.1. The molecular formula is C28H38ClFO4S2. The lowest BCUT2D eigenvalue weighted by molar-refractivity contribution is -0.143. The topological polar surface area (TPSA) is 66.8 Å². The van der Waals surface area contributed by atoms with Gasteiger partial charge in [-0.3, -0.25) is 4.79 Å². The molecule has 0 amide bonds. The van der Waals surface area contributed by atoms with Crippen LogP contribution in [0.1, 0.15) is 69.1 Å². The molecule has 4 rings (SSSR count). The summed E-state index contributed by atoms with van der Waals surface area (Å²) in [6.45, 7) is 0.587. The molecule has 3 fully saturated rings. The van der Waals surface area contributed by atoms with Crippen LogP contribution in [0.25, 0.3) is 0 Å². The molecule has 2 N–H and O–H groups in total. The Balaban J connectivity index is 1.32. The number of allylic oxidation sites excluding steroid dienone is 2. The summed E-state index contributed by atoms with van der Waals surface area (Å²) >= 11 is 12.8. The van der Waals surface area contributed by atoms with Crippen molar-refractivity contribution in [1.82, 2.24) is 0 Å². The number of rotatable bonds is 12. The van der Waals surface area contributed by atoms with Gasteiger partial charge in [0.2, 0.25) is 0 Å². The number of carboxylic acid groups (broad SMARTS) is 1. The molecule has 2 saturated carbocycles. The van der Waals surface area contributed by atoms with E-state index in [0.717, 1.165) is 42.9 Å². The van der Waals surface area contributed by atoms with Crippen molar-refractivity contribution in [3.63, 3.8) is 0 Å². The summed E-state index contributed by atoms with van der Waals surface area (Å²) in [5.74, 6) is -1.37. The number of carbonyl (C=O) groups is 1. The molecule has 4 nitrogen and oxygen atoms in total. The Morgan fingerprint density at radius 2 is 2.08 bits per heavy atom. The summed E-state index contributed by atoms with van der Waals surface area (Å²) < 4.78 is 21.4. The van der Waals surface area contributed by atoms with Crippen LogP contribution in [0.15, 0.2) is 36.4 Å². The lowest BCUT2D eigenvalue weighted by Gasteiger charge is -2.46. The van der Waals surface area contributed by atoms with E-state index in [2.05, 4.69) is 12.1 Å². The Kier molecular flexibility index (Phi) is 9.64. The summed E-state index contributed by atoms with van der Waals surface area (Å²) in [4.78, 5) is 12.6. The van der Waals surface area contributed by atoms with Gasteiger partial charge in [-0.15, -0.1) is 11.3 Å². The zero-order chi connectivity index (χ0) is 25.8. The first kappa shape index (κ1) is 28.2. The number of aliphatic carboxylic acids is 1. The van der Waals surface area contributed by atoms with E-state index < -0.39 is 23.8 Å². The molecule has 0 bridgehead atoms. The number of hydrogen-bond acceptors (Lipinski definition) is 5. The van der Waals surface area contributed by atoms with E-state index in [-0.39, 0.29) is 35.3 Å². The molecule has 0 spiro atoms. The maximum absolute atomic E-state index is 14.8.